The fourth-order valence-corrected chi connectivity index (χ4v) is 3.89. The van der Waals surface area contributed by atoms with Crippen LogP contribution in [-0.2, 0) is 0 Å². The van der Waals surface area contributed by atoms with Gasteiger partial charge in [-0.05, 0) is 38.3 Å². The zero-order valence-electron chi connectivity index (χ0n) is 12.7. The summed E-state index contributed by atoms with van der Waals surface area (Å²) >= 11 is 0. The van der Waals surface area contributed by atoms with Gasteiger partial charge in [0.05, 0.1) is 12.3 Å². The molecule has 1 heterocycles. The Bertz CT molecular complexity index is 466. The molecule has 0 aromatic heterocycles. The SMILES string of the molecule is CCOc1cccc2c1NCCC1(CCCCC1)N2C. The Labute approximate surface area is 122 Å². The molecular weight excluding hydrogens is 248 g/mol. The van der Waals surface area contributed by atoms with Crippen molar-refractivity contribution in [2.75, 3.05) is 30.4 Å². The van der Waals surface area contributed by atoms with Gasteiger partial charge in [0.2, 0.25) is 0 Å². The first-order chi connectivity index (χ1) is 9.77. The van der Waals surface area contributed by atoms with Gasteiger partial charge in [-0.15, -0.1) is 0 Å². The van der Waals surface area contributed by atoms with Gasteiger partial charge < -0.3 is 15.0 Å². The second-order valence-corrected chi connectivity index (χ2v) is 6.10. The van der Waals surface area contributed by atoms with Gasteiger partial charge in [-0.2, -0.15) is 0 Å². The van der Waals surface area contributed by atoms with Gasteiger partial charge in [0.1, 0.15) is 11.4 Å². The summed E-state index contributed by atoms with van der Waals surface area (Å²) in [7, 11) is 2.27. The summed E-state index contributed by atoms with van der Waals surface area (Å²) in [6.45, 7) is 3.80. The van der Waals surface area contributed by atoms with Crippen molar-refractivity contribution in [1.29, 1.82) is 0 Å². The summed E-state index contributed by atoms with van der Waals surface area (Å²) in [6, 6.07) is 6.42. The third-order valence-corrected chi connectivity index (χ3v) is 5.05. The van der Waals surface area contributed by atoms with Gasteiger partial charge >= 0.3 is 0 Å². The topological polar surface area (TPSA) is 24.5 Å². The van der Waals surface area contributed by atoms with Crippen LogP contribution in [0.25, 0.3) is 0 Å². The van der Waals surface area contributed by atoms with Crippen LogP contribution in [0.1, 0.15) is 45.4 Å². The van der Waals surface area contributed by atoms with Crippen molar-refractivity contribution in [3.8, 4) is 5.75 Å². The molecule has 1 aromatic carbocycles. The van der Waals surface area contributed by atoms with E-state index in [4.69, 9.17) is 4.74 Å². The van der Waals surface area contributed by atoms with Crippen molar-refractivity contribution in [1.82, 2.24) is 0 Å². The Morgan fingerprint density at radius 3 is 2.75 bits per heavy atom. The summed E-state index contributed by atoms with van der Waals surface area (Å²) in [5, 5.41) is 3.61. The number of benzene rings is 1. The average Bonchev–Trinajstić information content (AvgIpc) is 2.61. The molecule has 1 aliphatic heterocycles. The molecule has 3 nitrogen and oxygen atoms in total. The third-order valence-electron chi connectivity index (χ3n) is 5.05. The van der Waals surface area contributed by atoms with Crippen LogP contribution in [0.2, 0.25) is 0 Å². The van der Waals surface area contributed by atoms with E-state index in [0.717, 1.165) is 12.3 Å². The maximum atomic E-state index is 5.79. The van der Waals surface area contributed by atoms with Gasteiger partial charge in [-0.1, -0.05) is 25.3 Å². The summed E-state index contributed by atoms with van der Waals surface area (Å²) < 4.78 is 5.79. The number of anilines is 2. The number of nitrogens with zero attached hydrogens (tertiary/aromatic N) is 1. The molecule has 1 aliphatic carbocycles. The number of hydrogen-bond donors (Lipinski definition) is 1. The standard InChI is InChI=1S/C17H26N2O/c1-3-20-15-9-7-8-14-16(15)18-13-12-17(19(14)2)10-5-4-6-11-17/h7-9,18H,3-6,10-13H2,1-2H3. The molecule has 0 amide bonds. The van der Waals surface area contributed by atoms with E-state index in [1.807, 2.05) is 6.92 Å². The van der Waals surface area contributed by atoms with E-state index in [0.29, 0.717) is 12.1 Å². The number of rotatable bonds is 2. The Hall–Kier alpha value is -1.38. The molecule has 0 atom stereocenters. The van der Waals surface area contributed by atoms with Gasteiger partial charge in [0, 0.05) is 19.1 Å². The zero-order valence-corrected chi connectivity index (χ0v) is 12.7. The molecule has 1 saturated carbocycles. The predicted octanol–water partition coefficient (Wildman–Crippen LogP) is 4.04. The molecule has 20 heavy (non-hydrogen) atoms. The van der Waals surface area contributed by atoms with Gasteiger partial charge in [-0.3, -0.25) is 0 Å². The van der Waals surface area contributed by atoms with Crippen molar-refractivity contribution >= 4 is 11.4 Å². The molecule has 0 bridgehead atoms. The number of ether oxygens (including phenoxy) is 1. The minimum atomic E-state index is 0.349. The Balaban J connectivity index is 1.98. The zero-order chi connectivity index (χ0) is 14.0. The molecule has 1 fully saturated rings. The molecule has 2 aliphatic rings. The fraction of sp³-hybridized carbons (Fsp3) is 0.647. The predicted molar refractivity (Wildman–Crippen MR) is 84.9 cm³/mol. The summed E-state index contributed by atoms with van der Waals surface area (Å²) in [6.07, 6.45) is 8.00. The second-order valence-electron chi connectivity index (χ2n) is 6.10. The normalized spacial score (nSPS) is 21.0. The monoisotopic (exact) mass is 274 g/mol. The van der Waals surface area contributed by atoms with Crippen molar-refractivity contribution in [2.24, 2.45) is 0 Å². The molecule has 0 saturated heterocycles. The van der Waals surface area contributed by atoms with Gasteiger partial charge in [-0.25, -0.2) is 0 Å². The van der Waals surface area contributed by atoms with Crippen molar-refractivity contribution < 1.29 is 4.74 Å². The van der Waals surface area contributed by atoms with E-state index in [-0.39, 0.29) is 0 Å². The van der Waals surface area contributed by atoms with Crippen LogP contribution < -0.4 is 15.0 Å². The average molecular weight is 274 g/mol. The number of hydrogen-bond acceptors (Lipinski definition) is 3. The summed E-state index contributed by atoms with van der Waals surface area (Å²) in [4.78, 5) is 2.53. The first-order valence-electron chi connectivity index (χ1n) is 8.00. The minimum absolute atomic E-state index is 0.349. The summed E-state index contributed by atoms with van der Waals surface area (Å²) in [5.41, 5.74) is 2.83. The van der Waals surface area contributed by atoms with E-state index in [1.165, 1.54) is 49.9 Å². The molecule has 0 radical (unpaired) electrons. The van der Waals surface area contributed by atoms with Crippen LogP contribution in [0.4, 0.5) is 11.4 Å². The summed E-state index contributed by atoms with van der Waals surface area (Å²) in [5.74, 6) is 0.990. The highest BCUT2D eigenvalue weighted by atomic mass is 16.5. The van der Waals surface area contributed by atoms with E-state index in [9.17, 15) is 0 Å². The quantitative estimate of drug-likeness (QED) is 0.881. The highest BCUT2D eigenvalue weighted by molar-refractivity contribution is 5.78. The van der Waals surface area contributed by atoms with E-state index in [2.05, 4.69) is 35.5 Å². The van der Waals surface area contributed by atoms with Crippen LogP contribution >= 0.6 is 0 Å². The van der Waals surface area contributed by atoms with Crippen molar-refractivity contribution in [3.63, 3.8) is 0 Å². The number of para-hydroxylation sites is 1. The van der Waals surface area contributed by atoms with Crippen LogP contribution in [0, 0.1) is 0 Å². The van der Waals surface area contributed by atoms with Crippen molar-refractivity contribution in [2.45, 2.75) is 51.0 Å². The number of fused-ring (bicyclic) bond motifs is 1. The van der Waals surface area contributed by atoms with E-state index in [1.54, 1.807) is 0 Å². The number of nitrogens with one attached hydrogen (secondary N) is 1. The lowest BCUT2D eigenvalue weighted by atomic mass is 9.78. The smallest absolute Gasteiger partial charge is 0.144 e. The lowest BCUT2D eigenvalue weighted by Crippen LogP contribution is -2.48. The van der Waals surface area contributed by atoms with Crippen LogP contribution in [0.3, 0.4) is 0 Å². The third kappa shape index (κ3) is 2.23. The Kier molecular flexibility index (Phi) is 3.77. The first kappa shape index (κ1) is 13.6. The molecule has 1 spiro atoms. The van der Waals surface area contributed by atoms with E-state index < -0.39 is 0 Å². The molecule has 0 unspecified atom stereocenters. The molecule has 3 rings (SSSR count). The minimum Gasteiger partial charge on any atom is -0.492 e. The van der Waals surface area contributed by atoms with Crippen molar-refractivity contribution in [3.05, 3.63) is 18.2 Å². The van der Waals surface area contributed by atoms with Gasteiger partial charge in [0.15, 0.2) is 0 Å². The Morgan fingerprint density at radius 2 is 2.00 bits per heavy atom. The maximum Gasteiger partial charge on any atom is 0.144 e. The lowest BCUT2D eigenvalue weighted by Gasteiger charge is -2.45. The molecular formula is C17H26N2O. The van der Waals surface area contributed by atoms with Gasteiger partial charge in [0.25, 0.3) is 0 Å². The molecule has 3 heteroatoms. The van der Waals surface area contributed by atoms with Crippen LogP contribution in [0.5, 0.6) is 5.75 Å². The highest BCUT2D eigenvalue weighted by Gasteiger charge is 2.38. The van der Waals surface area contributed by atoms with E-state index >= 15 is 0 Å². The fourth-order valence-electron chi connectivity index (χ4n) is 3.89. The second kappa shape index (κ2) is 5.55. The highest BCUT2D eigenvalue weighted by Crippen LogP contribution is 2.45. The van der Waals surface area contributed by atoms with Crippen LogP contribution in [0.15, 0.2) is 18.2 Å². The Morgan fingerprint density at radius 1 is 1.20 bits per heavy atom. The molecule has 110 valence electrons. The molecule has 1 N–H and O–H groups in total. The van der Waals surface area contributed by atoms with Crippen LogP contribution in [-0.4, -0.2) is 25.7 Å². The maximum absolute atomic E-state index is 5.79. The lowest BCUT2D eigenvalue weighted by molar-refractivity contribution is 0.274. The first-order valence-corrected chi connectivity index (χ1v) is 8.00. The largest absolute Gasteiger partial charge is 0.492 e. The molecule has 1 aromatic rings.